The predicted octanol–water partition coefficient (Wildman–Crippen LogP) is 3.20. The minimum atomic E-state index is -0.337. The van der Waals surface area contributed by atoms with Crippen LogP contribution in [0.3, 0.4) is 0 Å². The van der Waals surface area contributed by atoms with Crippen molar-refractivity contribution in [1.29, 1.82) is 0 Å². The third kappa shape index (κ3) is 3.21. The zero-order valence-corrected chi connectivity index (χ0v) is 10.9. The van der Waals surface area contributed by atoms with E-state index in [1.807, 2.05) is 24.3 Å². The summed E-state index contributed by atoms with van der Waals surface area (Å²) in [7, 11) is 1.74. The molecule has 1 aromatic carbocycles. The van der Waals surface area contributed by atoms with Crippen molar-refractivity contribution in [2.24, 2.45) is 0 Å². The zero-order valence-electron chi connectivity index (χ0n) is 10.2. The Morgan fingerprint density at radius 2 is 2.00 bits per heavy atom. The van der Waals surface area contributed by atoms with E-state index in [-0.39, 0.29) is 11.7 Å². The molecular formula is C14H19ClO2. The third-order valence-electron chi connectivity index (χ3n) is 3.69. The number of aliphatic hydroxyl groups excluding tert-OH is 1. The standard InChI is InChI=1S/C14H19ClO2/c1-17-14(7-2-8-14)10-13(16)9-11-3-5-12(15)6-4-11/h3-6,13,16H,2,7-10H2,1H3. The molecule has 3 heteroatoms. The van der Waals surface area contributed by atoms with Crippen LogP contribution in [0.1, 0.15) is 31.2 Å². The van der Waals surface area contributed by atoms with Gasteiger partial charge in [0, 0.05) is 18.6 Å². The van der Waals surface area contributed by atoms with Crippen LogP contribution in [0.15, 0.2) is 24.3 Å². The molecule has 0 heterocycles. The molecule has 2 nitrogen and oxygen atoms in total. The number of rotatable bonds is 5. The van der Waals surface area contributed by atoms with Crippen molar-refractivity contribution in [3.05, 3.63) is 34.9 Å². The number of hydrogen-bond donors (Lipinski definition) is 1. The van der Waals surface area contributed by atoms with Crippen LogP contribution in [-0.4, -0.2) is 23.9 Å². The smallest absolute Gasteiger partial charge is 0.0703 e. The van der Waals surface area contributed by atoms with Gasteiger partial charge in [0.1, 0.15) is 0 Å². The van der Waals surface area contributed by atoms with Crippen LogP contribution in [0.25, 0.3) is 0 Å². The minimum absolute atomic E-state index is 0.0636. The van der Waals surface area contributed by atoms with Crippen molar-refractivity contribution >= 4 is 11.6 Å². The molecule has 1 aromatic rings. The van der Waals surface area contributed by atoms with Gasteiger partial charge in [-0.05, 0) is 43.4 Å². The zero-order chi connectivity index (χ0) is 12.3. The number of halogens is 1. The number of benzene rings is 1. The highest BCUT2D eigenvalue weighted by molar-refractivity contribution is 6.30. The molecular weight excluding hydrogens is 236 g/mol. The largest absolute Gasteiger partial charge is 0.393 e. The molecule has 0 aromatic heterocycles. The second kappa shape index (κ2) is 5.38. The average Bonchev–Trinajstić information content (AvgIpc) is 2.27. The van der Waals surface area contributed by atoms with Crippen molar-refractivity contribution in [1.82, 2.24) is 0 Å². The Morgan fingerprint density at radius 3 is 2.47 bits per heavy atom. The van der Waals surface area contributed by atoms with E-state index in [1.54, 1.807) is 7.11 Å². The maximum atomic E-state index is 10.1. The highest BCUT2D eigenvalue weighted by atomic mass is 35.5. The molecule has 2 rings (SSSR count). The molecule has 17 heavy (non-hydrogen) atoms. The molecule has 0 amide bonds. The van der Waals surface area contributed by atoms with E-state index in [9.17, 15) is 5.11 Å². The van der Waals surface area contributed by atoms with E-state index in [0.717, 1.165) is 29.8 Å². The van der Waals surface area contributed by atoms with Gasteiger partial charge in [0.2, 0.25) is 0 Å². The Kier molecular flexibility index (Phi) is 4.08. The van der Waals surface area contributed by atoms with Crippen LogP contribution >= 0.6 is 11.6 Å². The Labute approximate surface area is 108 Å². The van der Waals surface area contributed by atoms with Gasteiger partial charge in [-0.25, -0.2) is 0 Å². The molecule has 94 valence electrons. The number of hydrogen-bond acceptors (Lipinski definition) is 2. The van der Waals surface area contributed by atoms with Crippen molar-refractivity contribution in [3.8, 4) is 0 Å². The van der Waals surface area contributed by atoms with Gasteiger partial charge in [-0.2, -0.15) is 0 Å². The normalized spacial score (nSPS) is 19.7. The van der Waals surface area contributed by atoms with Crippen LogP contribution in [0.5, 0.6) is 0 Å². The molecule has 1 unspecified atom stereocenters. The Hall–Kier alpha value is -0.570. The molecule has 1 N–H and O–H groups in total. The molecule has 1 aliphatic carbocycles. The second-order valence-electron chi connectivity index (χ2n) is 4.93. The predicted molar refractivity (Wildman–Crippen MR) is 69.4 cm³/mol. The summed E-state index contributed by atoms with van der Waals surface area (Å²) in [5, 5.41) is 10.8. The molecule has 1 fully saturated rings. The topological polar surface area (TPSA) is 29.5 Å². The Bertz CT molecular complexity index is 351. The van der Waals surface area contributed by atoms with E-state index in [2.05, 4.69) is 0 Å². The van der Waals surface area contributed by atoms with E-state index < -0.39 is 0 Å². The van der Waals surface area contributed by atoms with Gasteiger partial charge < -0.3 is 9.84 Å². The van der Waals surface area contributed by atoms with Gasteiger partial charge in [-0.1, -0.05) is 23.7 Å². The summed E-state index contributed by atoms with van der Waals surface area (Å²) < 4.78 is 5.52. The maximum absolute atomic E-state index is 10.1. The lowest BCUT2D eigenvalue weighted by Crippen LogP contribution is -2.42. The fraction of sp³-hybridized carbons (Fsp3) is 0.571. The fourth-order valence-corrected chi connectivity index (χ4v) is 2.58. The molecule has 1 aliphatic rings. The first-order valence-electron chi connectivity index (χ1n) is 6.11. The lowest BCUT2D eigenvalue weighted by Gasteiger charge is -2.41. The van der Waals surface area contributed by atoms with Crippen molar-refractivity contribution in [2.45, 2.75) is 43.8 Å². The van der Waals surface area contributed by atoms with Gasteiger partial charge >= 0.3 is 0 Å². The Balaban J connectivity index is 1.88. The lowest BCUT2D eigenvalue weighted by molar-refractivity contribution is -0.0989. The first-order chi connectivity index (χ1) is 8.13. The minimum Gasteiger partial charge on any atom is -0.393 e. The molecule has 0 saturated heterocycles. The molecule has 0 radical (unpaired) electrons. The van der Waals surface area contributed by atoms with Crippen molar-refractivity contribution < 1.29 is 9.84 Å². The summed E-state index contributed by atoms with van der Waals surface area (Å²) in [6.07, 6.45) is 4.41. The van der Waals surface area contributed by atoms with Crippen molar-refractivity contribution in [2.75, 3.05) is 7.11 Å². The van der Waals surface area contributed by atoms with Gasteiger partial charge in [0.05, 0.1) is 11.7 Å². The SMILES string of the molecule is COC1(CC(O)Cc2ccc(Cl)cc2)CCC1. The van der Waals surface area contributed by atoms with Crippen LogP contribution in [0, 0.1) is 0 Å². The van der Waals surface area contributed by atoms with Gasteiger partial charge in [0.25, 0.3) is 0 Å². The highest BCUT2D eigenvalue weighted by Crippen LogP contribution is 2.39. The van der Waals surface area contributed by atoms with E-state index in [4.69, 9.17) is 16.3 Å². The number of aliphatic hydroxyl groups is 1. The quantitative estimate of drug-likeness (QED) is 0.874. The summed E-state index contributed by atoms with van der Waals surface area (Å²) in [6.45, 7) is 0. The average molecular weight is 255 g/mol. The van der Waals surface area contributed by atoms with Crippen LogP contribution < -0.4 is 0 Å². The van der Waals surface area contributed by atoms with E-state index >= 15 is 0 Å². The lowest BCUT2D eigenvalue weighted by atomic mass is 9.75. The molecule has 0 bridgehead atoms. The summed E-state index contributed by atoms with van der Waals surface area (Å²) in [5.74, 6) is 0. The van der Waals surface area contributed by atoms with E-state index in [0.29, 0.717) is 6.42 Å². The fourth-order valence-electron chi connectivity index (χ4n) is 2.46. The van der Waals surface area contributed by atoms with Crippen LogP contribution in [-0.2, 0) is 11.2 Å². The summed E-state index contributed by atoms with van der Waals surface area (Å²) in [4.78, 5) is 0. The summed E-state index contributed by atoms with van der Waals surface area (Å²) in [5.41, 5.74) is 1.05. The molecule has 0 spiro atoms. The highest BCUT2D eigenvalue weighted by Gasteiger charge is 2.38. The third-order valence-corrected chi connectivity index (χ3v) is 3.94. The maximum Gasteiger partial charge on any atom is 0.0703 e. The molecule has 1 saturated carbocycles. The summed E-state index contributed by atoms with van der Waals surface area (Å²) in [6, 6.07) is 7.65. The second-order valence-corrected chi connectivity index (χ2v) is 5.37. The monoisotopic (exact) mass is 254 g/mol. The van der Waals surface area contributed by atoms with E-state index in [1.165, 1.54) is 6.42 Å². The van der Waals surface area contributed by atoms with Gasteiger partial charge in [-0.3, -0.25) is 0 Å². The molecule has 1 atom stereocenters. The summed E-state index contributed by atoms with van der Waals surface area (Å²) >= 11 is 5.83. The van der Waals surface area contributed by atoms with Crippen molar-refractivity contribution in [3.63, 3.8) is 0 Å². The first-order valence-corrected chi connectivity index (χ1v) is 6.49. The molecule has 0 aliphatic heterocycles. The number of ether oxygens (including phenoxy) is 1. The number of methoxy groups -OCH3 is 1. The first kappa shape index (κ1) is 12.9. The van der Waals surface area contributed by atoms with Gasteiger partial charge in [-0.15, -0.1) is 0 Å². The Morgan fingerprint density at radius 1 is 1.35 bits per heavy atom. The van der Waals surface area contributed by atoms with Gasteiger partial charge in [0.15, 0.2) is 0 Å². The van der Waals surface area contributed by atoms with Crippen LogP contribution in [0.4, 0.5) is 0 Å². The van der Waals surface area contributed by atoms with Crippen LogP contribution in [0.2, 0.25) is 5.02 Å².